The van der Waals surface area contributed by atoms with Gasteiger partial charge in [0, 0.05) is 25.2 Å². The molecule has 0 aliphatic carbocycles. The van der Waals surface area contributed by atoms with E-state index in [9.17, 15) is 4.79 Å². The van der Waals surface area contributed by atoms with Gasteiger partial charge in [-0.1, -0.05) is 103 Å². The highest BCUT2D eigenvalue weighted by Crippen LogP contribution is 2.38. The number of unbranched alkanes of at least 4 members (excludes halogenated alkanes) is 2. The van der Waals surface area contributed by atoms with Crippen LogP contribution in [-0.4, -0.2) is 37.7 Å². The molecule has 0 fully saturated rings. The van der Waals surface area contributed by atoms with Crippen LogP contribution in [0.25, 0.3) is 0 Å². The van der Waals surface area contributed by atoms with Crippen molar-refractivity contribution in [3.8, 4) is 17.2 Å². The monoisotopic (exact) mass is 630 g/mol. The molecule has 3 rings (SSSR count). The van der Waals surface area contributed by atoms with Crippen LogP contribution < -0.4 is 19.5 Å². The van der Waals surface area contributed by atoms with Crippen molar-refractivity contribution in [2.45, 2.75) is 111 Å². The van der Waals surface area contributed by atoms with Crippen molar-refractivity contribution in [3.63, 3.8) is 0 Å². The first-order chi connectivity index (χ1) is 22.0. The van der Waals surface area contributed by atoms with E-state index in [0.29, 0.717) is 44.3 Å². The number of carbonyl (C=O) groups excluding carboxylic acids is 1. The average Bonchev–Trinajstić information content (AvgIpc) is 3.07. The molecule has 0 heterocycles. The van der Waals surface area contributed by atoms with Gasteiger partial charge in [-0.25, -0.2) is 4.79 Å². The number of urea groups is 1. The second kappa shape index (κ2) is 17.9. The Balaban J connectivity index is 1.67. The van der Waals surface area contributed by atoms with Gasteiger partial charge in [-0.05, 0) is 77.8 Å². The molecule has 2 amide bonds. The number of carbonyl (C=O) groups is 1. The maximum atomic E-state index is 13.3. The Hall–Kier alpha value is -3.67. The molecule has 0 aliphatic rings. The van der Waals surface area contributed by atoms with Gasteiger partial charge in [-0.2, -0.15) is 0 Å². The molecule has 0 aliphatic heterocycles. The van der Waals surface area contributed by atoms with Crippen LogP contribution in [0.5, 0.6) is 17.2 Å². The zero-order valence-corrected chi connectivity index (χ0v) is 29.7. The van der Waals surface area contributed by atoms with Gasteiger partial charge in [0.05, 0.1) is 13.7 Å². The normalized spacial score (nSPS) is 11.7. The molecule has 0 bridgehead atoms. The predicted molar refractivity (Wildman–Crippen MR) is 190 cm³/mol. The van der Waals surface area contributed by atoms with Crippen molar-refractivity contribution < 1.29 is 19.0 Å². The molecular formula is C40H58N2O4. The van der Waals surface area contributed by atoms with E-state index in [4.69, 9.17) is 14.2 Å². The smallest absolute Gasteiger partial charge is 0.317 e. The van der Waals surface area contributed by atoms with Crippen molar-refractivity contribution >= 4 is 6.03 Å². The van der Waals surface area contributed by atoms with Gasteiger partial charge in [-0.3, -0.25) is 0 Å². The number of amides is 2. The highest BCUT2D eigenvalue weighted by atomic mass is 16.5. The first-order valence-corrected chi connectivity index (χ1v) is 17.2. The van der Waals surface area contributed by atoms with Crippen LogP contribution in [0.3, 0.4) is 0 Å². The fourth-order valence-corrected chi connectivity index (χ4v) is 5.21. The van der Waals surface area contributed by atoms with Gasteiger partial charge in [0.25, 0.3) is 0 Å². The van der Waals surface area contributed by atoms with Gasteiger partial charge >= 0.3 is 6.03 Å². The zero-order valence-electron chi connectivity index (χ0n) is 29.7. The number of hydrogen-bond donors (Lipinski definition) is 1. The summed E-state index contributed by atoms with van der Waals surface area (Å²) in [6.45, 7) is 18.6. The van der Waals surface area contributed by atoms with Gasteiger partial charge in [0.1, 0.15) is 12.4 Å². The molecule has 0 radical (unpaired) electrons. The number of ether oxygens (including phenoxy) is 3. The Bertz CT molecular complexity index is 1350. The summed E-state index contributed by atoms with van der Waals surface area (Å²) in [5, 5.41) is 3.11. The zero-order chi connectivity index (χ0) is 33.6. The molecule has 0 unspecified atom stereocenters. The van der Waals surface area contributed by atoms with E-state index in [0.717, 1.165) is 55.4 Å². The average molecular weight is 631 g/mol. The fourth-order valence-electron chi connectivity index (χ4n) is 5.21. The Morgan fingerprint density at radius 3 is 2.15 bits per heavy atom. The lowest BCUT2D eigenvalue weighted by atomic mass is 9.76. The van der Waals surface area contributed by atoms with E-state index in [1.54, 1.807) is 7.11 Å². The van der Waals surface area contributed by atoms with Gasteiger partial charge in [0.2, 0.25) is 0 Å². The van der Waals surface area contributed by atoms with Crippen molar-refractivity contribution in [1.82, 2.24) is 10.2 Å². The van der Waals surface area contributed by atoms with E-state index in [2.05, 4.69) is 72.0 Å². The van der Waals surface area contributed by atoms with E-state index < -0.39 is 0 Å². The topological polar surface area (TPSA) is 60.0 Å². The molecule has 1 N–H and O–H groups in total. The molecule has 0 atom stereocenters. The highest BCUT2D eigenvalue weighted by molar-refractivity contribution is 5.74. The van der Waals surface area contributed by atoms with Crippen molar-refractivity contribution in [2.75, 3.05) is 26.8 Å². The van der Waals surface area contributed by atoms with Crippen LogP contribution in [0, 0.1) is 0 Å². The van der Waals surface area contributed by atoms with Crippen molar-refractivity contribution in [1.29, 1.82) is 0 Å². The summed E-state index contributed by atoms with van der Waals surface area (Å²) < 4.78 is 18.1. The van der Waals surface area contributed by atoms with E-state index in [1.165, 1.54) is 11.1 Å². The minimum absolute atomic E-state index is 0.0184. The summed E-state index contributed by atoms with van der Waals surface area (Å²) in [4.78, 5) is 15.2. The molecule has 0 aromatic heterocycles. The Kier molecular flexibility index (Phi) is 14.3. The lowest BCUT2D eigenvalue weighted by molar-refractivity contribution is 0.191. The minimum atomic E-state index is -0.0435. The Morgan fingerprint density at radius 2 is 1.48 bits per heavy atom. The van der Waals surface area contributed by atoms with Crippen LogP contribution in [0.15, 0.2) is 66.7 Å². The summed E-state index contributed by atoms with van der Waals surface area (Å²) in [7, 11) is 1.65. The molecule has 6 heteroatoms. The maximum absolute atomic E-state index is 13.3. The molecule has 252 valence electrons. The minimum Gasteiger partial charge on any atom is -0.493 e. The van der Waals surface area contributed by atoms with Crippen LogP contribution >= 0.6 is 0 Å². The molecule has 46 heavy (non-hydrogen) atoms. The first-order valence-electron chi connectivity index (χ1n) is 17.2. The summed E-state index contributed by atoms with van der Waals surface area (Å²) >= 11 is 0. The van der Waals surface area contributed by atoms with Crippen molar-refractivity contribution in [2.24, 2.45) is 0 Å². The number of benzene rings is 3. The standard InChI is InChI=1S/C40H58N2O4/c1-9-12-24-41-38(43)42(29-32-20-22-36(44-8)37(27-32)46-30-31-18-14-13-15-19-31)25-16-17-26-45-35-23-21-33(39(4,5)10-2)28-34(35)40(6,7)11-3/h13-15,18-23,27-28H,9-12,16-17,24-26,29-30H2,1-8H3,(H,41,43). The van der Waals surface area contributed by atoms with Crippen LogP contribution in [0.4, 0.5) is 4.79 Å². The molecule has 0 saturated heterocycles. The third-order valence-corrected chi connectivity index (χ3v) is 9.27. The van der Waals surface area contributed by atoms with Crippen LogP contribution in [0.1, 0.15) is 109 Å². The Labute approximate surface area is 278 Å². The quantitative estimate of drug-likeness (QED) is 0.134. The van der Waals surface area contributed by atoms with E-state index in [-0.39, 0.29) is 16.9 Å². The summed E-state index contributed by atoms with van der Waals surface area (Å²) in [5.74, 6) is 2.31. The van der Waals surface area contributed by atoms with Gasteiger partial charge in [-0.15, -0.1) is 0 Å². The van der Waals surface area contributed by atoms with Gasteiger partial charge in [0.15, 0.2) is 11.5 Å². The van der Waals surface area contributed by atoms with Crippen molar-refractivity contribution in [3.05, 3.63) is 89.0 Å². The summed E-state index contributed by atoms with van der Waals surface area (Å²) in [6.07, 6.45) is 5.79. The second-order valence-electron chi connectivity index (χ2n) is 13.5. The lowest BCUT2D eigenvalue weighted by Crippen LogP contribution is -2.40. The summed E-state index contributed by atoms with van der Waals surface area (Å²) in [5.41, 5.74) is 4.85. The first kappa shape index (κ1) is 36.8. The predicted octanol–water partition coefficient (Wildman–Crippen LogP) is 9.82. The maximum Gasteiger partial charge on any atom is 0.317 e. The largest absolute Gasteiger partial charge is 0.493 e. The molecule has 0 saturated carbocycles. The molecule has 3 aromatic carbocycles. The third-order valence-electron chi connectivity index (χ3n) is 9.27. The lowest BCUT2D eigenvalue weighted by Gasteiger charge is -2.30. The number of nitrogens with zero attached hydrogens (tertiary/aromatic N) is 1. The van der Waals surface area contributed by atoms with E-state index >= 15 is 0 Å². The highest BCUT2D eigenvalue weighted by Gasteiger charge is 2.26. The fraction of sp³-hybridized carbons (Fsp3) is 0.525. The summed E-state index contributed by atoms with van der Waals surface area (Å²) in [6, 6.07) is 22.7. The van der Waals surface area contributed by atoms with Gasteiger partial charge < -0.3 is 24.4 Å². The Morgan fingerprint density at radius 1 is 0.761 bits per heavy atom. The number of nitrogens with one attached hydrogen (secondary N) is 1. The van der Waals surface area contributed by atoms with E-state index in [1.807, 2.05) is 53.4 Å². The molecular weight excluding hydrogens is 572 g/mol. The SMILES string of the molecule is CCCCNC(=O)N(CCCCOc1ccc(C(C)(C)CC)cc1C(C)(C)CC)Cc1ccc(OC)c(OCc2ccccc2)c1. The number of methoxy groups -OCH3 is 1. The third kappa shape index (κ3) is 10.7. The molecule has 3 aromatic rings. The van der Waals surface area contributed by atoms with Crippen LogP contribution in [0.2, 0.25) is 0 Å². The number of hydrogen-bond acceptors (Lipinski definition) is 4. The van der Waals surface area contributed by atoms with Crippen LogP contribution in [-0.2, 0) is 24.0 Å². The molecule has 0 spiro atoms. The number of rotatable bonds is 19. The second-order valence-corrected chi connectivity index (χ2v) is 13.5. The molecule has 6 nitrogen and oxygen atoms in total.